The molecule has 1 aromatic rings. The summed E-state index contributed by atoms with van der Waals surface area (Å²) in [6, 6.07) is 0. The first-order valence-corrected chi connectivity index (χ1v) is 6.27. The van der Waals surface area contributed by atoms with Gasteiger partial charge in [0, 0.05) is 19.7 Å². The molecule has 100 valence electrons. The lowest BCUT2D eigenvalue weighted by Crippen LogP contribution is -2.32. The molecule has 1 aromatic heterocycles. The minimum atomic E-state index is 0.230. The van der Waals surface area contributed by atoms with E-state index in [9.17, 15) is 0 Å². The van der Waals surface area contributed by atoms with Gasteiger partial charge in [-0.3, -0.25) is 0 Å². The number of hydrogen-bond donors (Lipinski definition) is 1. The monoisotopic (exact) mass is 252 g/mol. The van der Waals surface area contributed by atoms with Crippen LogP contribution in [0.15, 0.2) is 6.33 Å². The first kappa shape index (κ1) is 12.9. The van der Waals surface area contributed by atoms with Gasteiger partial charge in [-0.05, 0) is 12.8 Å². The van der Waals surface area contributed by atoms with Crippen LogP contribution in [0.1, 0.15) is 19.8 Å². The molecule has 6 heteroatoms. The van der Waals surface area contributed by atoms with Crippen molar-refractivity contribution in [1.82, 2.24) is 9.97 Å². The van der Waals surface area contributed by atoms with Crippen molar-refractivity contribution in [2.24, 2.45) is 0 Å². The Morgan fingerprint density at radius 3 is 3.11 bits per heavy atom. The summed E-state index contributed by atoms with van der Waals surface area (Å²) in [5, 5.41) is 0. The van der Waals surface area contributed by atoms with E-state index in [1.165, 1.54) is 6.33 Å². The van der Waals surface area contributed by atoms with Gasteiger partial charge < -0.3 is 20.1 Å². The van der Waals surface area contributed by atoms with Crippen LogP contribution in [0.5, 0.6) is 5.75 Å². The lowest BCUT2D eigenvalue weighted by Gasteiger charge is -2.25. The van der Waals surface area contributed by atoms with E-state index in [2.05, 4.69) is 21.8 Å². The van der Waals surface area contributed by atoms with Gasteiger partial charge >= 0.3 is 0 Å². The third-order valence-electron chi connectivity index (χ3n) is 3.12. The molecular formula is C12H20N4O2. The van der Waals surface area contributed by atoms with Crippen LogP contribution in [0.25, 0.3) is 0 Å². The molecule has 1 saturated heterocycles. The van der Waals surface area contributed by atoms with Crippen LogP contribution in [-0.4, -0.2) is 42.9 Å². The Kier molecular flexibility index (Phi) is 4.19. The third-order valence-corrected chi connectivity index (χ3v) is 3.12. The zero-order valence-corrected chi connectivity index (χ0v) is 10.9. The zero-order chi connectivity index (χ0) is 13.0. The smallest absolute Gasteiger partial charge is 0.204 e. The fraction of sp³-hybridized carbons (Fsp3) is 0.667. The summed E-state index contributed by atoms with van der Waals surface area (Å²) in [5.41, 5.74) is 5.81. The van der Waals surface area contributed by atoms with Crippen molar-refractivity contribution in [3.63, 3.8) is 0 Å². The number of anilines is 2. The van der Waals surface area contributed by atoms with Crippen LogP contribution in [-0.2, 0) is 4.74 Å². The molecule has 0 spiro atoms. The molecule has 1 unspecified atom stereocenters. The topological polar surface area (TPSA) is 73.5 Å². The minimum absolute atomic E-state index is 0.230. The maximum atomic E-state index is 5.81. The average Bonchev–Trinajstić information content (AvgIpc) is 2.63. The molecule has 0 radical (unpaired) electrons. The largest absolute Gasteiger partial charge is 0.490 e. The van der Waals surface area contributed by atoms with Crippen LogP contribution >= 0.6 is 0 Å². The van der Waals surface area contributed by atoms with Gasteiger partial charge in [0.05, 0.1) is 13.2 Å². The summed E-state index contributed by atoms with van der Waals surface area (Å²) < 4.78 is 11.1. The second-order valence-electron chi connectivity index (χ2n) is 4.32. The highest BCUT2D eigenvalue weighted by Crippen LogP contribution is 2.30. The Hall–Kier alpha value is -1.56. The van der Waals surface area contributed by atoms with Gasteiger partial charge in [-0.25, -0.2) is 9.97 Å². The molecule has 0 bridgehead atoms. The predicted octanol–water partition coefficient (Wildman–Crippen LogP) is 1.07. The van der Waals surface area contributed by atoms with Crippen molar-refractivity contribution < 1.29 is 9.47 Å². The Bertz CT molecular complexity index is 400. The molecule has 0 aromatic carbocycles. The highest BCUT2D eigenvalue weighted by molar-refractivity contribution is 5.62. The van der Waals surface area contributed by atoms with E-state index >= 15 is 0 Å². The highest BCUT2D eigenvalue weighted by Gasteiger charge is 2.22. The molecule has 18 heavy (non-hydrogen) atoms. The number of nitrogens with two attached hydrogens (primary N) is 1. The second-order valence-corrected chi connectivity index (χ2v) is 4.32. The van der Waals surface area contributed by atoms with E-state index in [1.807, 2.05) is 0 Å². The van der Waals surface area contributed by atoms with E-state index in [1.54, 1.807) is 7.11 Å². The SMILES string of the molecule is CCC1CN(c2ncnc(N)c2OC)CCCO1. The fourth-order valence-electron chi connectivity index (χ4n) is 2.13. The predicted molar refractivity (Wildman–Crippen MR) is 69.9 cm³/mol. The third kappa shape index (κ3) is 2.64. The van der Waals surface area contributed by atoms with Crippen LogP contribution < -0.4 is 15.4 Å². The van der Waals surface area contributed by atoms with Crippen LogP contribution in [0.2, 0.25) is 0 Å². The number of hydrogen-bond acceptors (Lipinski definition) is 6. The molecule has 1 fully saturated rings. The summed E-state index contributed by atoms with van der Waals surface area (Å²) in [5.74, 6) is 1.68. The molecule has 2 rings (SSSR count). The summed E-state index contributed by atoms with van der Waals surface area (Å²) >= 11 is 0. The molecule has 0 aliphatic carbocycles. The Morgan fingerprint density at radius 1 is 1.56 bits per heavy atom. The summed E-state index contributed by atoms with van der Waals surface area (Å²) in [4.78, 5) is 10.4. The molecule has 0 amide bonds. The van der Waals surface area contributed by atoms with Crippen molar-refractivity contribution in [2.45, 2.75) is 25.9 Å². The van der Waals surface area contributed by atoms with Gasteiger partial charge in [0.1, 0.15) is 6.33 Å². The maximum absolute atomic E-state index is 5.81. The Balaban J connectivity index is 2.26. The average molecular weight is 252 g/mol. The van der Waals surface area contributed by atoms with Crippen molar-refractivity contribution >= 4 is 11.6 Å². The number of nitrogens with zero attached hydrogens (tertiary/aromatic N) is 3. The van der Waals surface area contributed by atoms with Gasteiger partial charge in [-0.15, -0.1) is 0 Å². The van der Waals surface area contributed by atoms with Gasteiger partial charge in [0.25, 0.3) is 0 Å². The van der Waals surface area contributed by atoms with Crippen LogP contribution in [0, 0.1) is 0 Å². The van der Waals surface area contributed by atoms with Gasteiger partial charge in [-0.2, -0.15) is 0 Å². The molecule has 1 atom stereocenters. The standard InChI is InChI=1S/C12H20N4O2/c1-3-9-7-16(5-4-6-18-9)12-10(17-2)11(13)14-8-15-12/h8-9H,3-7H2,1-2H3,(H2,13,14,15). The van der Waals surface area contributed by atoms with Gasteiger partial charge in [0.2, 0.25) is 5.75 Å². The van der Waals surface area contributed by atoms with E-state index < -0.39 is 0 Å². The number of methoxy groups -OCH3 is 1. The van der Waals surface area contributed by atoms with Gasteiger partial charge in [0.15, 0.2) is 11.6 Å². The summed E-state index contributed by atoms with van der Waals surface area (Å²) in [7, 11) is 1.59. The maximum Gasteiger partial charge on any atom is 0.204 e. The quantitative estimate of drug-likeness (QED) is 0.867. The summed E-state index contributed by atoms with van der Waals surface area (Å²) in [6.07, 6.45) is 3.66. The number of nitrogen functional groups attached to an aromatic ring is 1. The van der Waals surface area contributed by atoms with Crippen molar-refractivity contribution in [2.75, 3.05) is 37.4 Å². The normalized spacial score (nSPS) is 20.6. The molecular weight excluding hydrogens is 232 g/mol. The molecule has 2 heterocycles. The lowest BCUT2D eigenvalue weighted by atomic mass is 10.2. The van der Waals surface area contributed by atoms with Crippen LogP contribution in [0.4, 0.5) is 11.6 Å². The number of rotatable bonds is 3. The minimum Gasteiger partial charge on any atom is -0.490 e. The molecule has 1 aliphatic rings. The molecule has 0 saturated carbocycles. The number of ether oxygens (including phenoxy) is 2. The lowest BCUT2D eigenvalue weighted by molar-refractivity contribution is 0.0664. The first-order chi connectivity index (χ1) is 8.76. The Labute approximate surface area is 107 Å². The molecule has 6 nitrogen and oxygen atoms in total. The molecule has 2 N–H and O–H groups in total. The Morgan fingerprint density at radius 2 is 2.39 bits per heavy atom. The van der Waals surface area contributed by atoms with Gasteiger partial charge in [-0.1, -0.05) is 6.92 Å². The number of aromatic nitrogens is 2. The van der Waals surface area contributed by atoms with E-state index in [-0.39, 0.29) is 6.10 Å². The van der Waals surface area contributed by atoms with Crippen molar-refractivity contribution in [3.05, 3.63) is 6.33 Å². The van der Waals surface area contributed by atoms with E-state index in [0.29, 0.717) is 11.6 Å². The second kappa shape index (κ2) is 5.86. The van der Waals surface area contributed by atoms with E-state index in [4.69, 9.17) is 15.2 Å². The van der Waals surface area contributed by atoms with E-state index in [0.717, 1.165) is 38.4 Å². The first-order valence-electron chi connectivity index (χ1n) is 6.27. The highest BCUT2D eigenvalue weighted by atomic mass is 16.5. The van der Waals surface area contributed by atoms with Crippen molar-refractivity contribution in [3.8, 4) is 5.75 Å². The fourth-order valence-corrected chi connectivity index (χ4v) is 2.13. The van der Waals surface area contributed by atoms with Crippen LogP contribution in [0.3, 0.4) is 0 Å². The van der Waals surface area contributed by atoms with Crippen molar-refractivity contribution in [1.29, 1.82) is 0 Å². The molecule has 1 aliphatic heterocycles. The zero-order valence-electron chi connectivity index (χ0n) is 10.9. The summed E-state index contributed by atoms with van der Waals surface area (Å²) in [6.45, 7) is 4.62.